The quantitative estimate of drug-likeness (QED) is 0.566. The fraction of sp³-hybridized carbons (Fsp3) is 0.938. The molecule has 7 heteroatoms. The summed E-state index contributed by atoms with van der Waals surface area (Å²) in [5, 5.41) is 6.74. The first kappa shape index (κ1) is 20.2. The Hall–Kier alpha value is -0.820. The highest BCUT2D eigenvalue weighted by atomic mass is 32.2. The standard InChI is InChI=1S/C16H34N4O2S/c1-13(7-9-16(2,3)4)19-15(17-5)18-11-14-8-10-20(12-14)23(6,21)22/h13-14H,7-12H2,1-6H3,(H2,17,18,19). The molecule has 0 bridgehead atoms. The molecule has 0 aliphatic carbocycles. The Balaban J connectivity index is 2.35. The van der Waals surface area contributed by atoms with Gasteiger partial charge >= 0.3 is 0 Å². The van der Waals surface area contributed by atoms with Crippen molar-refractivity contribution in [3.8, 4) is 0 Å². The molecule has 0 aromatic rings. The molecule has 1 fully saturated rings. The van der Waals surface area contributed by atoms with Crippen LogP contribution >= 0.6 is 0 Å². The summed E-state index contributed by atoms with van der Waals surface area (Å²) < 4.78 is 24.6. The Morgan fingerprint density at radius 1 is 1.39 bits per heavy atom. The largest absolute Gasteiger partial charge is 0.356 e. The van der Waals surface area contributed by atoms with Crippen LogP contribution in [0.15, 0.2) is 4.99 Å². The van der Waals surface area contributed by atoms with Crippen molar-refractivity contribution in [3.63, 3.8) is 0 Å². The molecule has 2 unspecified atom stereocenters. The molecule has 0 aromatic heterocycles. The molecular formula is C16H34N4O2S. The number of rotatable bonds is 6. The molecule has 1 aliphatic rings. The average Bonchev–Trinajstić information content (AvgIpc) is 2.89. The third kappa shape index (κ3) is 8.01. The Labute approximate surface area is 142 Å². The van der Waals surface area contributed by atoms with Gasteiger partial charge in [0.05, 0.1) is 6.26 Å². The predicted molar refractivity (Wildman–Crippen MR) is 97.2 cm³/mol. The first-order valence-electron chi connectivity index (χ1n) is 8.43. The van der Waals surface area contributed by atoms with Crippen LogP contribution in [-0.2, 0) is 10.0 Å². The Bertz CT molecular complexity index is 497. The molecule has 2 N–H and O–H groups in total. The normalized spacial score (nSPS) is 22.2. The molecule has 0 radical (unpaired) electrons. The van der Waals surface area contributed by atoms with E-state index in [2.05, 4.69) is 43.3 Å². The SMILES string of the molecule is CN=C(NCC1CCN(S(C)(=O)=O)C1)NC(C)CCC(C)(C)C. The summed E-state index contributed by atoms with van der Waals surface area (Å²) >= 11 is 0. The third-order valence-electron chi connectivity index (χ3n) is 4.21. The topological polar surface area (TPSA) is 73.8 Å². The number of hydrogen-bond donors (Lipinski definition) is 2. The van der Waals surface area contributed by atoms with Gasteiger partial charge in [-0.2, -0.15) is 0 Å². The van der Waals surface area contributed by atoms with Crippen LogP contribution in [0.5, 0.6) is 0 Å². The average molecular weight is 347 g/mol. The summed E-state index contributed by atoms with van der Waals surface area (Å²) in [6.07, 6.45) is 4.43. The lowest BCUT2D eigenvalue weighted by molar-refractivity contribution is 0.346. The minimum atomic E-state index is -3.06. The molecule has 1 rings (SSSR count). The van der Waals surface area contributed by atoms with Crippen molar-refractivity contribution in [2.24, 2.45) is 16.3 Å². The van der Waals surface area contributed by atoms with E-state index >= 15 is 0 Å². The van der Waals surface area contributed by atoms with Gasteiger partial charge in [-0.05, 0) is 37.5 Å². The van der Waals surface area contributed by atoms with E-state index in [0.29, 0.717) is 30.5 Å². The highest BCUT2D eigenvalue weighted by Gasteiger charge is 2.28. The number of nitrogens with one attached hydrogen (secondary N) is 2. The van der Waals surface area contributed by atoms with Crippen LogP contribution in [0.2, 0.25) is 0 Å². The van der Waals surface area contributed by atoms with Crippen LogP contribution < -0.4 is 10.6 Å². The predicted octanol–water partition coefficient (Wildman–Crippen LogP) is 1.65. The molecule has 23 heavy (non-hydrogen) atoms. The van der Waals surface area contributed by atoms with E-state index in [1.165, 1.54) is 6.26 Å². The third-order valence-corrected chi connectivity index (χ3v) is 5.48. The number of nitrogens with zero attached hydrogens (tertiary/aromatic N) is 2. The minimum Gasteiger partial charge on any atom is -0.356 e. The van der Waals surface area contributed by atoms with Crippen molar-refractivity contribution in [2.75, 3.05) is 32.9 Å². The van der Waals surface area contributed by atoms with E-state index in [0.717, 1.165) is 31.8 Å². The molecule has 0 amide bonds. The van der Waals surface area contributed by atoms with E-state index in [-0.39, 0.29) is 0 Å². The summed E-state index contributed by atoms with van der Waals surface area (Å²) in [5.41, 5.74) is 0.339. The van der Waals surface area contributed by atoms with Gasteiger partial charge in [0.2, 0.25) is 10.0 Å². The van der Waals surface area contributed by atoms with Crippen molar-refractivity contribution in [2.45, 2.75) is 53.0 Å². The number of aliphatic imine (C=N–C) groups is 1. The van der Waals surface area contributed by atoms with Gasteiger partial charge in [-0.15, -0.1) is 0 Å². The molecule has 6 nitrogen and oxygen atoms in total. The van der Waals surface area contributed by atoms with Gasteiger partial charge in [-0.3, -0.25) is 4.99 Å². The number of hydrogen-bond acceptors (Lipinski definition) is 3. The molecule has 136 valence electrons. The summed E-state index contributed by atoms with van der Waals surface area (Å²) in [6, 6.07) is 0.358. The second-order valence-corrected chi connectivity index (χ2v) is 9.86. The van der Waals surface area contributed by atoms with Crippen LogP contribution in [0.3, 0.4) is 0 Å². The minimum absolute atomic E-state index is 0.339. The molecule has 0 spiro atoms. The van der Waals surface area contributed by atoms with Crippen molar-refractivity contribution >= 4 is 16.0 Å². The van der Waals surface area contributed by atoms with Crippen molar-refractivity contribution < 1.29 is 8.42 Å². The second kappa shape index (κ2) is 8.33. The fourth-order valence-electron chi connectivity index (χ4n) is 2.66. The summed E-state index contributed by atoms with van der Waals surface area (Å²) in [7, 11) is -1.29. The van der Waals surface area contributed by atoms with Gasteiger partial charge in [0.1, 0.15) is 0 Å². The van der Waals surface area contributed by atoms with Crippen molar-refractivity contribution in [1.29, 1.82) is 0 Å². The van der Waals surface area contributed by atoms with Gasteiger partial charge in [0.25, 0.3) is 0 Å². The maximum Gasteiger partial charge on any atom is 0.211 e. The van der Waals surface area contributed by atoms with Crippen LogP contribution in [0.4, 0.5) is 0 Å². The zero-order chi connectivity index (χ0) is 17.7. The van der Waals surface area contributed by atoms with Crippen molar-refractivity contribution in [1.82, 2.24) is 14.9 Å². The summed E-state index contributed by atoms with van der Waals surface area (Å²) in [5.74, 6) is 1.14. The van der Waals surface area contributed by atoms with E-state index in [4.69, 9.17) is 0 Å². The Morgan fingerprint density at radius 3 is 2.52 bits per heavy atom. The lowest BCUT2D eigenvalue weighted by Gasteiger charge is -2.23. The highest BCUT2D eigenvalue weighted by Crippen LogP contribution is 2.21. The maximum atomic E-state index is 11.5. The summed E-state index contributed by atoms with van der Waals surface area (Å²) in [4.78, 5) is 4.26. The number of sulfonamides is 1. The molecule has 0 saturated carbocycles. The molecule has 1 aliphatic heterocycles. The van der Waals surface area contributed by atoms with E-state index in [1.54, 1.807) is 11.4 Å². The zero-order valence-corrected chi connectivity index (χ0v) is 16.3. The van der Waals surface area contributed by atoms with Crippen LogP contribution in [0.1, 0.15) is 47.0 Å². The molecule has 2 atom stereocenters. The first-order valence-corrected chi connectivity index (χ1v) is 10.3. The van der Waals surface area contributed by atoms with Gasteiger partial charge in [0.15, 0.2) is 5.96 Å². The second-order valence-electron chi connectivity index (χ2n) is 7.87. The lowest BCUT2D eigenvalue weighted by Crippen LogP contribution is -2.44. The van der Waals surface area contributed by atoms with E-state index < -0.39 is 10.0 Å². The number of guanidine groups is 1. The Kier molecular flexibility index (Phi) is 7.32. The Morgan fingerprint density at radius 2 is 2.04 bits per heavy atom. The molecule has 0 aromatic carbocycles. The molecule has 1 saturated heterocycles. The van der Waals surface area contributed by atoms with Gasteiger partial charge in [-0.25, -0.2) is 12.7 Å². The lowest BCUT2D eigenvalue weighted by atomic mass is 9.89. The van der Waals surface area contributed by atoms with E-state index in [1.807, 2.05) is 0 Å². The van der Waals surface area contributed by atoms with Crippen LogP contribution in [0.25, 0.3) is 0 Å². The molecular weight excluding hydrogens is 312 g/mol. The van der Waals surface area contributed by atoms with Crippen molar-refractivity contribution in [3.05, 3.63) is 0 Å². The summed E-state index contributed by atoms with van der Waals surface area (Å²) in [6.45, 7) is 10.9. The fourth-order valence-corrected chi connectivity index (χ4v) is 3.57. The maximum absolute atomic E-state index is 11.5. The molecule has 1 heterocycles. The smallest absolute Gasteiger partial charge is 0.211 e. The highest BCUT2D eigenvalue weighted by molar-refractivity contribution is 7.88. The van der Waals surface area contributed by atoms with Gasteiger partial charge in [0, 0.05) is 32.7 Å². The van der Waals surface area contributed by atoms with Crippen LogP contribution in [-0.4, -0.2) is 57.7 Å². The zero-order valence-electron chi connectivity index (χ0n) is 15.5. The van der Waals surface area contributed by atoms with E-state index in [9.17, 15) is 8.42 Å². The monoisotopic (exact) mass is 346 g/mol. The van der Waals surface area contributed by atoms with Crippen LogP contribution in [0, 0.1) is 11.3 Å². The van der Waals surface area contributed by atoms with Gasteiger partial charge < -0.3 is 10.6 Å². The first-order chi connectivity index (χ1) is 10.5. The van der Waals surface area contributed by atoms with Gasteiger partial charge in [-0.1, -0.05) is 20.8 Å².